The highest BCUT2D eigenvalue weighted by Crippen LogP contribution is 2.26. The number of hydrazine groups is 1. The number of benzene rings is 1. The largest absolute Gasteiger partial charge is 0.299 e. The minimum absolute atomic E-state index is 0.0582. The fraction of sp³-hybridized carbons (Fsp3) is 0.588. The molecule has 0 unspecified atom stereocenters. The molecule has 0 spiro atoms. The molecule has 0 bridgehead atoms. The van der Waals surface area contributed by atoms with Gasteiger partial charge in [-0.1, -0.05) is 22.0 Å². The molecule has 0 heterocycles. The molecule has 6 nitrogen and oxygen atoms in total. The topological polar surface area (TPSA) is 87.3 Å². The summed E-state index contributed by atoms with van der Waals surface area (Å²) in [5, 5.41) is 0. The molecule has 1 aromatic rings. The third kappa shape index (κ3) is 5.69. The Morgan fingerprint density at radius 1 is 1.16 bits per heavy atom. The summed E-state index contributed by atoms with van der Waals surface area (Å²) in [5.74, 6) is -0.160. The Labute approximate surface area is 158 Å². The third-order valence-corrected chi connectivity index (χ3v) is 7.13. The molecular weight excluding hydrogens is 406 g/mol. The molecule has 0 atom stereocenters. The zero-order valence-electron chi connectivity index (χ0n) is 14.8. The van der Waals surface area contributed by atoms with Crippen molar-refractivity contribution in [3.05, 3.63) is 28.7 Å². The van der Waals surface area contributed by atoms with Crippen LogP contribution in [-0.2, 0) is 14.8 Å². The van der Waals surface area contributed by atoms with Gasteiger partial charge in [0.2, 0.25) is 15.9 Å². The molecule has 140 valence electrons. The molecule has 0 aliphatic heterocycles. The average Bonchev–Trinajstić information content (AvgIpc) is 2.52. The van der Waals surface area contributed by atoms with Gasteiger partial charge in [-0.25, -0.2) is 13.1 Å². The highest BCUT2D eigenvalue weighted by molar-refractivity contribution is 9.10. The van der Waals surface area contributed by atoms with E-state index in [1.165, 1.54) is 0 Å². The van der Waals surface area contributed by atoms with Crippen LogP contribution in [0.5, 0.6) is 0 Å². The molecule has 25 heavy (non-hydrogen) atoms. The third-order valence-electron chi connectivity index (χ3n) is 4.38. The van der Waals surface area contributed by atoms with Crippen molar-refractivity contribution in [2.45, 2.75) is 57.2 Å². The van der Waals surface area contributed by atoms with Gasteiger partial charge in [-0.05, 0) is 64.7 Å². The van der Waals surface area contributed by atoms with Crippen LogP contribution in [0.4, 0.5) is 5.69 Å². The first-order valence-corrected chi connectivity index (χ1v) is 10.7. The number of nitrogens with one attached hydrogen (secondary N) is 3. The number of sulfonamides is 1. The fourth-order valence-corrected chi connectivity index (χ4v) is 4.10. The molecule has 1 aromatic carbocycles. The molecule has 8 heteroatoms. The SMILES string of the molecule is CC(C)(C)S(=O)(=O)N[C@H]1CC[C@H](C(=O)NNc2cccc(Br)c2)CC1. The molecule has 1 saturated carbocycles. The van der Waals surface area contributed by atoms with Crippen LogP contribution in [0.2, 0.25) is 0 Å². The molecular formula is C17H26BrN3O3S. The summed E-state index contributed by atoms with van der Waals surface area (Å²) in [6, 6.07) is 7.44. The van der Waals surface area contributed by atoms with E-state index in [9.17, 15) is 13.2 Å². The number of carbonyl (C=O) groups excluding carboxylic acids is 1. The summed E-state index contributed by atoms with van der Waals surface area (Å²) in [6.07, 6.45) is 2.68. The first-order chi connectivity index (χ1) is 11.6. The van der Waals surface area contributed by atoms with Crippen molar-refractivity contribution < 1.29 is 13.2 Å². The highest BCUT2D eigenvalue weighted by Gasteiger charge is 2.34. The van der Waals surface area contributed by atoms with E-state index < -0.39 is 14.8 Å². The van der Waals surface area contributed by atoms with Crippen LogP contribution >= 0.6 is 15.9 Å². The molecule has 3 N–H and O–H groups in total. The first kappa shape index (κ1) is 20.2. The van der Waals surface area contributed by atoms with Crippen molar-refractivity contribution >= 4 is 37.5 Å². The van der Waals surface area contributed by atoms with Crippen LogP contribution in [0.1, 0.15) is 46.5 Å². The smallest absolute Gasteiger partial charge is 0.241 e. The molecule has 1 fully saturated rings. The number of hydrogen-bond donors (Lipinski definition) is 3. The molecule has 1 amide bonds. The Bertz CT molecular complexity index is 708. The van der Waals surface area contributed by atoms with Crippen molar-refractivity contribution in [3.8, 4) is 0 Å². The van der Waals surface area contributed by atoms with Crippen molar-refractivity contribution in [1.82, 2.24) is 10.1 Å². The Morgan fingerprint density at radius 3 is 2.36 bits per heavy atom. The lowest BCUT2D eigenvalue weighted by Gasteiger charge is -2.30. The summed E-state index contributed by atoms with van der Waals surface area (Å²) < 4.78 is 27.3. The minimum atomic E-state index is -3.35. The summed E-state index contributed by atoms with van der Waals surface area (Å²) in [5.41, 5.74) is 6.45. The second kappa shape index (κ2) is 8.05. The Morgan fingerprint density at radius 2 is 1.80 bits per heavy atom. The summed E-state index contributed by atoms with van der Waals surface area (Å²) >= 11 is 3.38. The monoisotopic (exact) mass is 431 g/mol. The van der Waals surface area contributed by atoms with Gasteiger partial charge in [0.15, 0.2) is 0 Å². The van der Waals surface area contributed by atoms with Crippen molar-refractivity contribution in [2.24, 2.45) is 5.92 Å². The first-order valence-electron chi connectivity index (χ1n) is 8.42. The lowest BCUT2D eigenvalue weighted by Crippen LogP contribution is -2.47. The minimum Gasteiger partial charge on any atom is -0.299 e. The summed E-state index contributed by atoms with van der Waals surface area (Å²) in [6.45, 7) is 5.05. The van der Waals surface area contributed by atoms with Crippen LogP contribution in [0.3, 0.4) is 0 Å². The molecule has 1 aliphatic rings. The predicted molar refractivity (Wildman–Crippen MR) is 103 cm³/mol. The summed E-state index contributed by atoms with van der Waals surface area (Å²) in [7, 11) is -3.35. The van der Waals surface area contributed by atoms with E-state index in [-0.39, 0.29) is 17.9 Å². The second-order valence-corrected chi connectivity index (χ2v) is 10.8. The Hall–Kier alpha value is -1.12. The number of anilines is 1. The van der Waals surface area contributed by atoms with Crippen molar-refractivity contribution in [3.63, 3.8) is 0 Å². The zero-order valence-corrected chi connectivity index (χ0v) is 17.2. The van der Waals surface area contributed by atoms with Gasteiger partial charge in [0.05, 0.1) is 10.4 Å². The van der Waals surface area contributed by atoms with E-state index in [0.717, 1.165) is 10.2 Å². The Kier molecular flexibility index (Phi) is 6.51. The van der Waals surface area contributed by atoms with E-state index in [4.69, 9.17) is 0 Å². The lowest BCUT2D eigenvalue weighted by atomic mass is 9.86. The number of amides is 1. The van der Waals surface area contributed by atoms with Gasteiger partial charge in [0.25, 0.3) is 0 Å². The van der Waals surface area contributed by atoms with E-state index in [1.807, 2.05) is 24.3 Å². The van der Waals surface area contributed by atoms with Gasteiger partial charge in [-0.2, -0.15) is 0 Å². The van der Waals surface area contributed by atoms with Crippen LogP contribution in [0.25, 0.3) is 0 Å². The van der Waals surface area contributed by atoms with Gasteiger partial charge < -0.3 is 0 Å². The van der Waals surface area contributed by atoms with Crippen LogP contribution in [-0.4, -0.2) is 25.1 Å². The zero-order chi connectivity index (χ0) is 18.7. The van der Waals surface area contributed by atoms with Crippen LogP contribution in [0, 0.1) is 5.92 Å². The quantitative estimate of drug-likeness (QED) is 0.624. The van der Waals surface area contributed by atoms with E-state index in [0.29, 0.717) is 25.7 Å². The number of hydrogen-bond acceptors (Lipinski definition) is 4. The maximum Gasteiger partial charge on any atom is 0.241 e. The predicted octanol–water partition coefficient (Wildman–Crippen LogP) is 3.17. The lowest BCUT2D eigenvalue weighted by molar-refractivity contribution is -0.125. The van der Waals surface area contributed by atoms with E-state index >= 15 is 0 Å². The fourth-order valence-electron chi connectivity index (χ4n) is 2.67. The molecule has 1 aliphatic carbocycles. The van der Waals surface area contributed by atoms with Crippen LogP contribution in [0.15, 0.2) is 28.7 Å². The van der Waals surface area contributed by atoms with Crippen molar-refractivity contribution in [2.75, 3.05) is 5.43 Å². The van der Waals surface area contributed by atoms with Gasteiger partial charge in [-0.15, -0.1) is 0 Å². The van der Waals surface area contributed by atoms with Crippen molar-refractivity contribution in [1.29, 1.82) is 0 Å². The number of rotatable bonds is 5. The molecule has 0 aromatic heterocycles. The number of carbonyl (C=O) groups is 1. The van der Waals surface area contributed by atoms with E-state index in [1.54, 1.807) is 20.8 Å². The van der Waals surface area contributed by atoms with Gasteiger partial charge in [0.1, 0.15) is 0 Å². The maximum atomic E-state index is 12.3. The maximum absolute atomic E-state index is 12.3. The molecule has 2 rings (SSSR count). The molecule has 0 saturated heterocycles. The van der Waals surface area contributed by atoms with Gasteiger partial charge in [0, 0.05) is 16.4 Å². The average molecular weight is 432 g/mol. The van der Waals surface area contributed by atoms with E-state index in [2.05, 4.69) is 31.5 Å². The number of halogens is 1. The second-order valence-electron chi connectivity index (χ2n) is 7.41. The Balaban J connectivity index is 1.80. The van der Waals surface area contributed by atoms with Gasteiger partial charge >= 0.3 is 0 Å². The summed E-state index contributed by atoms with van der Waals surface area (Å²) in [4.78, 5) is 12.3. The normalized spacial score (nSPS) is 21.6. The molecule has 0 radical (unpaired) electrons. The van der Waals surface area contributed by atoms with Gasteiger partial charge in [-0.3, -0.25) is 15.6 Å². The highest BCUT2D eigenvalue weighted by atomic mass is 79.9. The van der Waals surface area contributed by atoms with Crippen LogP contribution < -0.4 is 15.6 Å². The standard InChI is InChI=1S/C17H26BrN3O3S/c1-17(2,3)25(23,24)21-14-9-7-12(8-10-14)16(22)20-19-15-6-4-5-13(18)11-15/h4-6,11-12,14,19,21H,7-10H2,1-3H3,(H,20,22)/t12-,14-.